The molecule has 0 spiro atoms. The zero-order chi connectivity index (χ0) is 14.6. The fourth-order valence-corrected chi connectivity index (χ4v) is 3.46. The lowest BCUT2D eigenvalue weighted by atomic mass is 9.88. The van der Waals surface area contributed by atoms with Crippen molar-refractivity contribution in [3.05, 3.63) is 18.0 Å². The molecule has 2 rings (SSSR count). The molecule has 114 valence electrons. The largest absolute Gasteiger partial charge is 0.311 e. The van der Waals surface area contributed by atoms with E-state index in [-0.39, 0.29) is 5.54 Å². The molecule has 1 fully saturated rings. The number of aryl methyl sites for hydroxylation is 1. The Morgan fingerprint density at radius 1 is 1.25 bits per heavy atom. The highest BCUT2D eigenvalue weighted by Gasteiger charge is 2.36. The van der Waals surface area contributed by atoms with Crippen molar-refractivity contribution in [3.8, 4) is 0 Å². The molecule has 1 aromatic heterocycles. The lowest BCUT2D eigenvalue weighted by Crippen LogP contribution is -2.52. The van der Waals surface area contributed by atoms with E-state index in [2.05, 4.69) is 49.3 Å². The topological polar surface area (TPSA) is 33.1 Å². The summed E-state index contributed by atoms with van der Waals surface area (Å²) in [5, 5.41) is 7.96. The summed E-state index contributed by atoms with van der Waals surface area (Å²) in [4.78, 5) is 2.66. The van der Waals surface area contributed by atoms with Gasteiger partial charge in [0.05, 0.1) is 12.2 Å². The van der Waals surface area contributed by atoms with E-state index >= 15 is 0 Å². The van der Waals surface area contributed by atoms with Gasteiger partial charge in [-0.25, -0.2) is 0 Å². The van der Waals surface area contributed by atoms with Gasteiger partial charge in [-0.05, 0) is 53.8 Å². The van der Waals surface area contributed by atoms with Crippen LogP contribution in [0.1, 0.15) is 58.1 Å². The Labute approximate surface area is 123 Å². The van der Waals surface area contributed by atoms with Crippen LogP contribution in [0, 0.1) is 0 Å². The Hall–Kier alpha value is -0.870. The second-order valence-electron chi connectivity index (χ2n) is 6.41. The van der Waals surface area contributed by atoms with E-state index in [9.17, 15) is 0 Å². The second kappa shape index (κ2) is 6.72. The highest BCUT2D eigenvalue weighted by atomic mass is 15.3. The second-order valence-corrected chi connectivity index (χ2v) is 6.41. The molecule has 0 bridgehead atoms. The standard InChI is InChI=1S/C16H30N4/c1-5-20-13-14(12-18-20)15(17-4)16(2,3)19-10-8-6-7-9-11-19/h12-13,15,17H,5-11H2,1-4H3. The van der Waals surface area contributed by atoms with Crippen LogP contribution in [0.2, 0.25) is 0 Å². The summed E-state index contributed by atoms with van der Waals surface area (Å²) in [6.07, 6.45) is 9.61. The lowest BCUT2D eigenvalue weighted by molar-refractivity contribution is 0.0864. The summed E-state index contributed by atoms with van der Waals surface area (Å²) in [6, 6.07) is 0.320. The van der Waals surface area contributed by atoms with Crippen LogP contribution in [0.4, 0.5) is 0 Å². The summed E-state index contributed by atoms with van der Waals surface area (Å²) in [7, 11) is 2.06. The normalized spacial score (nSPS) is 19.8. The van der Waals surface area contributed by atoms with E-state index in [1.807, 2.05) is 10.9 Å². The third-order valence-electron chi connectivity index (χ3n) is 4.73. The zero-order valence-corrected chi connectivity index (χ0v) is 13.5. The molecule has 20 heavy (non-hydrogen) atoms. The minimum Gasteiger partial charge on any atom is -0.311 e. The Balaban J connectivity index is 2.18. The number of hydrogen-bond acceptors (Lipinski definition) is 3. The average molecular weight is 278 g/mol. The van der Waals surface area contributed by atoms with Crippen LogP contribution in [0.3, 0.4) is 0 Å². The van der Waals surface area contributed by atoms with E-state index in [0.29, 0.717) is 6.04 Å². The van der Waals surface area contributed by atoms with Gasteiger partial charge < -0.3 is 5.32 Å². The fourth-order valence-electron chi connectivity index (χ4n) is 3.46. The molecule has 0 radical (unpaired) electrons. The van der Waals surface area contributed by atoms with Gasteiger partial charge >= 0.3 is 0 Å². The van der Waals surface area contributed by atoms with E-state index in [0.717, 1.165) is 6.54 Å². The van der Waals surface area contributed by atoms with Crippen LogP contribution in [0.25, 0.3) is 0 Å². The van der Waals surface area contributed by atoms with Crippen LogP contribution in [0.5, 0.6) is 0 Å². The molecule has 1 aliphatic heterocycles. The van der Waals surface area contributed by atoms with Gasteiger partial charge in [0, 0.05) is 23.8 Å². The Kier molecular flexibility index (Phi) is 5.22. The van der Waals surface area contributed by atoms with Gasteiger partial charge in [0.25, 0.3) is 0 Å². The van der Waals surface area contributed by atoms with Gasteiger partial charge in [0.15, 0.2) is 0 Å². The maximum absolute atomic E-state index is 4.44. The molecule has 2 heterocycles. The first kappa shape index (κ1) is 15.5. The van der Waals surface area contributed by atoms with Crippen molar-refractivity contribution in [2.24, 2.45) is 0 Å². The van der Waals surface area contributed by atoms with Crippen molar-refractivity contribution in [2.45, 2.75) is 64.6 Å². The molecular formula is C16H30N4. The maximum Gasteiger partial charge on any atom is 0.0538 e. The van der Waals surface area contributed by atoms with Crippen molar-refractivity contribution in [1.82, 2.24) is 20.0 Å². The van der Waals surface area contributed by atoms with E-state index in [1.54, 1.807) is 0 Å². The molecule has 0 saturated carbocycles. The molecule has 0 aliphatic carbocycles. The summed E-state index contributed by atoms with van der Waals surface area (Å²) in [6.45, 7) is 10.2. The van der Waals surface area contributed by atoms with Crippen molar-refractivity contribution >= 4 is 0 Å². The van der Waals surface area contributed by atoms with Gasteiger partial charge in [-0.15, -0.1) is 0 Å². The van der Waals surface area contributed by atoms with Crippen LogP contribution in [-0.2, 0) is 6.54 Å². The van der Waals surface area contributed by atoms with Crippen molar-refractivity contribution in [2.75, 3.05) is 20.1 Å². The lowest BCUT2D eigenvalue weighted by Gasteiger charge is -2.43. The molecule has 1 saturated heterocycles. The molecule has 0 aromatic carbocycles. The molecule has 4 nitrogen and oxygen atoms in total. The van der Waals surface area contributed by atoms with Gasteiger partial charge in [-0.3, -0.25) is 9.58 Å². The predicted octanol–water partition coefficient (Wildman–Crippen LogP) is 2.82. The summed E-state index contributed by atoms with van der Waals surface area (Å²) >= 11 is 0. The molecule has 1 aromatic rings. The SMILES string of the molecule is CCn1cc(C(NC)C(C)(C)N2CCCCCC2)cn1. The van der Waals surface area contributed by atoms with Crippen LogP contribution >= 0.6 is 0 Å². The minimum atomic E-state index is 0.112. The Morgan fingerprint density at radius 2 is 1.90 bits per heavy atom. The van der Waals surface area contributed by atoms with Crippen molar-refractivity contribution < 1.29 is 0 Å². The first-order valence-electron chi connectivity index (χ1n) is 8.04. The van der Waals surface area contributed by atoms with Gasteiger partial charge in [-0.1, -0.05) is 12.8 Å². The zero-order valence-electron chi connectivity index (χ0n) is 13.5. The van der Waals surface area contributed by atoms with Crippen LogP contribution in [-0.4, -0.2) is 40.4 Å². The summed E-state index contributed by atoms with van der Waals surface area (Å²) < 4.78 is 2.01. The third kappa shape index (κ3) is 3.23. The number of aromatic nitrogens is 2. The Bertz CT molecular complexity index is 402. The Morgan fingerprint density at radius 3 is 2.40 bits per heavy atom. The number of likely N-dealkylation sites (N-methyl/N-ethyl adjacent to an activating group) is 1. The van der Waals surface area contributed by atoms with Crippen LogP contribution in [0.15, 0.2) is 12.4 Å². The third-order valence-corrected chi connectivity index (χ3v) is 4.73. The monoisotopic (exact) mass is 278 g/mol. The number of nitrogens with one attached hydrogen (secondary N) is 1. The van der Waals surface area contributed by atoms with Crippen LogP contribution < -0.4 is 5.32 Å². The fraction of sp³-hybridized carbons (Fsp3) is 0.812. The number of hydrogen-bond donors (Lipinski definition) is 1. The molecule has 0 amide bonds. The molecule has 1 unspecified atom stereocenters. The summed E-state index contributed by atoms with van der Waals surface area (Å²) in [5.74, 6) is 0. The van der Waals surface area contributed by atoms with Gasteiger partial charge in [0.2, 0.25) is 0 Å². The average Bonchev–Trinajstić information content (AvgIpc) is 2.72. The first-order valence-corrected chi connectivity index (χ1v) is 8.04. The van der Waals surface area contributed by atoms with Crippen molar-refractivity contribution in [1.29, 1.82) is 0 Å². The first-order chi connectivity index (χ1) is 9.59. The smallest absolute Gasteiger partial charge is 0.0538 e. The van der Waals surface area contributed by atoms with E-state index < -0.39 is 0 Å². The maximum atomic E-state index is 4.44. The number of likely N-dealkylation sites (tertiary alicyclic amines) is 1. The number of nitrogens with zero attached hydrogens (tertiary/aromatic N) is 3. The van der Waals surface area contributed by atoms with Gasteiger partial charge in [-0.2, -0.15) is 5.10 Å². The predicted molar refractivity (Wildman–Crippen MR) is 83.8 cm³/mol. The van der Waals surface area contributed by atoms with E-state index in [4.69, 9.17) is 0 Å². The minimum absolute atomic E-state index is 0.112. The van der Waals surface area contributed by atoms with E-state index in [1.165, 1.54) is 44.3 Å². The molecule has 4 heteroatoms. The highest BCUT2D eigenvalue weighted by Crippen LogP contribution is 2.32. The molecule has 1 aliphatic rings. The van der Waals surface area contributed by atoms with Gasteiger partial charge in [0.1, 0.15) is 0 Å². The highest BCUT2D eigenvalue weighted by molar-refractivity contribution is 5.16. The molecule has 1 N–H and O–H groups in total. The molecule has 1 atom stereocenters. The molecular weight excluding hydrogens is 248 g/mol. The summed E-state index contributed by atoms with van der Waals surface area (Å²) in [5.41, 5.74) is 1.41. The van der Waals surface area contributed by atoms with Crippen molar-refractivity contribution in [3.63, 3.8) is 0 Å². The number of rotatable bonds is 5. The quantitative estimate of drug-likeness (QED) is 0.899.